The van der Waals surface area contributed by atoms with Crippen LogP contribution in [0.1, 0.15) is 5.69 Å². The number of hydrogen-bond donors (Lipinski definition) is 2. The summed E-state index contributed by atoms with van der Waals surface area (Å²) < 4.78 is 0. The topological polar surface area (TPSA) is 71.0 Å². The zero-order valence-corrected chi connectivity index (χ0v) is 11.7. The van der Waals surface area contributed by atoms with Crippen LogP contribution < -0.4 is 5.32 Å². The summed E-state index contributed by atoms with van der Waals surface area (Å²) in [5.41, 5.74) is 2.26. The number of nitro benzene ring substituents is 1. The van der Waals surface area contributed by atoms with Gasteiger partial charge < -0.3 is 10.3 Å². The Labute approximate surface area is 125 Å². The molecule has 0 saturated heterocycles. The van der Waals surface area contributed by atoms with Crippen LogP contribution in [0.15, 0.2) is 48.5 Å². The second-order valence-corrected chi connectivity index (χ2v) is 4.97. The van der Waals surface area contributed by atoms with Crippen molar-refractivity contribution in [3.63, 3.8) is 0 Å². The standard InChI is InChI=1S/C15H12ClN3O2/c16-15-10-5-1-2-6-11(10)18-13(15)9-17-12-7-3-4-8-14(12)19(20)21/h1-8,17-18H,9H2. The van der Waals surface area contributed by atoms with Crippen molar-refractivity contribution in [2.75, 3.05) is 5.32 Å². The van der Waals surface area contributed by atoms with Crippen molar-refractivity contribution in [2.24, 2.45) is 0 Å². The summed E-state index contributed by atoms with van der Waals surface area (Å²) in [6.45, 7) is 0.387. The number of nitrogens with zero attached hydrogens (tertiary/aromatic N) is 1. The van der Waals surface area contributed by atoms with E-state index in [1.54, 1.807) is 18.2 Å². The van der Waals surface area contributed by atoms with Crippen LogP contribution in [0.2, 0.25) is 5.02 Å². The lowest BCUT2D eigenvalue weighted by molar-refractivity contribution is -0.384. The lowest BCUT2D eigenvalue weighted by atomic mass is 10.2. The Morgan fingerprint density at radius 1 is 1.14 bits per heavy atom. The van der Waals surface area contributed by atoms with Gasteiger partial charge in [-0.15, -0.1) is 0 Å². The van der Waals surface area contributed by atoms with Gasteiger partial charge in [-0.3, -0.25) is 10.1 Å². The maximum atomic E-state index is 11.0. The molecule has 1 heterocycles. The third-order valence-electron chi connectivity index (χ3n) is 3.27. The number of anilines is 1. The van der Waals surface area contributed by atoms with Gasteiger partial charge in [0.2, 0.25) is 0 Å². The minimum atomic E-state index is -0.408. The first kappa shape index (κ1) is 13.5. The molecule has 0 aliphatic carbocycles. The van der Waals surface area contributed by atoms with Crippen LogP contribution in [0.4, 0.5) is 11.4 Å². The zero-order chi connectivity index (χ0) is 14.8. The van der Waals surface area contributed by atoms with E-state index in [-0.39, 0.29) is 5.69 Å². The highest BCUT2D eigenvalue weighted by molar-refractivity contribution is 6.36. The van der Waals surface area contributed by atoms with E-state index in [2.05, 4.69) is 10.3 Å². The van der Waals surface area contributed by atoms with Crippen molar-refractivity contribution in [1.29, 1.82) is 0 Å². The summed E-state index contributed by atoms with van der Waals surface area (Å²) in [4.78, 5) is 13.8. The SMILES string of the molecule is O=[N+]([O-])c1ccccc1NCc1[nH]c2ccccc2c1Cl. The molecule has 106 valence electrons. The number of rotatable bonds is 4. The van der Waals surface area contributed by atoms with E-state index in [0.29, 0.717) is 17.3 Å². The molecule has 6 heteroatoms. The largest absolute Gasteiger partial charge is 0.374 e. The van der Waals surface area contributed by atoms with Gasteiger partial charge in [0, 0.05) is 17.0 Å². The van der Waals surface area contributed by atoms with E-state index in [1.807, 2.05) is 24.3 Å². The average Bonchev–Trinajstić information content (AvgIpc) is 2.82. The molecule has 3 rings (SSSR count). The molecule has 3 aromatic rings. The van der Waals surface area contributed by atoms with E-state index in [9.17, 15) is 10.1 Å². The quantitative estimate of drug-likeness (QED) is 0.556. The fraction of sp³-hybridized carbons (Fsp3) is 0.0667. The molecule has 0 aliphatic rings. The Hall–Kier alpha value is -2.53. The third-order valence-corrected chi connectivity index (χ3v) is 3.70. The molecule has 0 amide bonds. The highest BCUT2D eigenvalue weighted by atomic mass is 35.5. The molecule has 0 fully saturated rings. The van der Waals surface area contributed by atoms with Crippen molar-refractivity contribution >= 4 is 33.9 Å². The molecule has 0 saturated carbocycles. The van der Waals surface area contributed by atoms with Gasteiger partial charge in [0.25, 0.3) is 5.69 Å². The van der Waals surface area contributed by atoms with Crippen LogP contribution in [0.3, 0.4) is 0 Å². The molecule has 2 aromatic carbocycles. The van der Waals surface area contributed by atoms with Crippen molar-refractivity contribution in [1.82, 2.24) is 4.98 Å². The maximum Gasteiger partial charge on any atom is 0.292 e. The summed E-state index contributed by atoms with van der Waals surface area (Å²) in [5.74, 6) is 0. The molecule has 0 aliphatic heterocycles. The maximum absolute atomic E-state index is 11.0. The number of nitro groups is 1. The summed E-state index contributed by atoms with van der Waals surface area (Å²) in [6.07, 6.45) is 0. The van der Waals surface area contributed by atoms with Crippen LogP contribution in [0.5, 0.6) is 0 Å². The Morgan fingerprint density at radius 2 is 1.86 bits per heavy atom. The summed E-state index contributed by atoms with van der Waals surface area (Å²) in [5, 5.41) is 15.6. The molecule has 0 atom stereocenters. The van der Waals surface area contributed by atoms with Gasteiger partial charge in [-0.05, 0) is 12.1 Å². The first-order valence-corrected chi connectivity index (χ1v) is 6.77. The molecule has 0 unspecified atom stereocenters. The number of aromatic amines is 1. The van der Waals surface area contributed by atoms with E-state index >= 15 is 0 Å². The second-order valence-electron chi connectivity index (χ2n) is 4.59. The summed E-state index contributed by atoms with van der Waals surface area (Å²) in [6, 6.07) is 14.2. The van der Waals surface area contributed by atoms with E-state index in [1.165, 1.54) is 6.07 Å². The molecule has 2 N–H and O–H groups in total. The normalized spacial score (nSPS) is 10.7. The predicted octanol–water partition coefficient (Wildman–Crippen LogP) is 4.34. The first-order chi connectivity index (χ1) is 10.2. The van der Waals surface area contributed by atoms with Crippen molar-refractivity contribution < 1.29 is 4.92 Å². The molecule has 0 bridgehead atoms. The van der Waals surface area contributed by atoms with Crippen LogP contribution in [-0.2, 0) is 6.54 Å². The zero-order valence-electron chi connectivity index (χ0n) is 11.0. The molecular formula is C15H12ClN3O2. The predicted molar refractivity (Wildman–Crippen MR) is 83.7 cm³/mol. The van der Waals surface area contributed by atoms with Gasteiger partial charge in [-0.2, -0.15) is 0 Å². The second kappa shape index (κ2) is 5.46. The van der Waals surface area contributed by atoms with Crippen LogP contribution in [-0.4, -0.2) is 9.91 Å². The van der Waals surface area contributed by atoms with Crippen LogP contribution in [0, 0.1) is 10.1 Å². The Morgan fingerprint density at radius 3 is 2.62 bits per heavy atom. The Bertz CT molecular complexity index is 814. The highest BCUT2D eigenvalue weighted by Crippen LogP contribution is 2.29. The molecule has 5 nitrogen and oxygen atoms in total. The van der Waals surface area contributed by atoms with Gasteiger partial charge >= 0.3 is 0 Å². The minimum absolute atomic E-state index is 0.0460. The molecule has 0 radical (unpaired) electrons. The molecule has 1 aromatic heterocycles. The van der Waals surface area contributed by atoms with Gasteiger partial charge in [0.15, 0.2) is 0 Å². The molecule has 0 spiro atoms. The first-order valence-electron chi connectivity index (χ1n) is 6.39. The lowest BCUT2D eigenvalue weighted by Crippen LogP contribution is -2.03. The summed E-state index contributed by atoms with van der Waals surface area (Å²) in [7, 11) is 0. The minimum Gasteiger partial charge on any atom is -0.374 e. The highest BCUT2D eigenvalue weighted by Gasteiger charge is 2.13. The number of fused-ring (bicyclic) bond motifs is 1. The van der Waals surface area contributed by atoms with E-state index in [4.69, 9.17) is 11.6 Å². The fourth-order valence-electron chi connectivity index (χ4n) is 2.25. The van der Waals surface area contributed by atoms with E-state index in [0.717, 1.165) is 16.6 Å². The summed E-state index contributed by atoms with van der Waals surface area (Å²) >= 11 is 6.32. The van der Waals surface area contributed by atoms with Crippen molar-refractivity contribution in [3.05, 3.63) is 69.4 Å². The van der Waals surface area contributed by atoms with Gasteiger partial charge in [0.1, 0.15) is 5.69 Å². The monoisotopic (exact) mass is 301 g/mol. The van der Waals surface area contributed by atoms with Crippen molar-refractivity contribution in [2.45, 2.75) is 6.54 Å². The Kier molecular flexibility index (Phi) is 3.50. The molecule has 21 heavy (non-hydrogen) atoms. The van der Waals surface area contributed by atoms with Gasteiger partial charge in [0.05, 0.1) is 22.2 Å². The van der Waals surface area contributed by atoms with Crippen molar-refractivity contribution in [3.8, 4) is 0 Å². The number of H-pyrrole nitrogens is 1. The number of para-hydroxylation sites is 3. The van der Waals surface area contributed by atoms with E-state index < -0.39 is 4.92 Å². The number of benzene rings is 2. The fourth-order valence-corrected chi connectivity index (χ4v) is 2.53. The third kappa shape index (κ3) is 2.55. The van der Waals surface area contributed by atoms with Gasteiger partial charge in [-0.25, -0.2) is 0 Å². The van der Waals surface area contributed by atoms with Crippen LogP contribution >= 0.6 is 11.6 Å². The number of hydrogen-bond acceptors (Lipinski definition) is 3. The average molecular weight is 302 g/mol. The van der Waals surface area contributed by atoms with Crippen LogP contribution in [0.25, 0.3) is 10.9 Å². The number of halogens is 1. The lowest BCUT2D eigenvalue weighted by Gasteiger charge is -2.06. The number of nitrogens with one attached hydrogen (secondary N) is 2. The Balaban J connectivity index is 1.87. The smallest absolute Gasteiger partial charge is 0.292 e. The van der Waals surface area contributed by atoms with Gasteiger partial charge in [-0.1, -0.05) is 41.9 Å². The molecular weight excluding hydrogens is 290 g/mol. The number of aromatic nitrogens is 1.